The van der Waals surface area contributed by atoms with Crippen molar-refractivity contribution >= 4 is 22.6 Å². The average Bonchev–Trinajstić information content (AvgIpc) is 3.57. The van der Waals surface area contributed by atoms with Gasteiger partial charge in [0.05, 0.1) is 0 Å². The van der Waals surface area contributed by atoms with Gasteiger partial charge in [-0.25, -0.2) is 4.98 Å². The zero-order valence-electron chi connectivity index (χ0n) is 21.4. The number of carbonyl (C=O) groups is 1. The number of fused-ring (bicyclic) bond motifs is 1. The van der Waals surface area contributed by atoms with Gasteiger partial charge in [-0.05, 0) is 74.2 Å². The first kappa shape index (κ1) is 24.6. The minimum Gasteiger partial charge on any atom is -0.364 e. The number of likely N-dealkylation sites (tertiary alicyclic amines) is 1. The van der Waals surface area contributed by atoms with Crippen molar-refractivity contribution in [1.29, 1.82) is 0 Å². The molecule has 0 bridgehead atoms. The van der Waals surface area contributed by atoms with Gasteiger partial charge in [-0.1, -0.05) is 25.8 Å². The van der Waals surface area contributed by atoms with Gasteiger partial charge in [-0.15, -0.1) is 0 Å². The van der Waals surface area contributed by atoms with Gasteiger partial charge in [-0.2, -0.15) is 0 Å². The predicted octanol–water partition coefficient (Wildman–Crippen LogP) is 3.80. The Balaban J connectivity index is 1.22. The number of nitrogens with zero attached hydrogens (tertiary/aromatic N) is 3. The third kappa shape index (κ3) is 5.48. The summed E-state index contributed by atoms with van der Waals surface area (Å²) in [6, 6.07) is 9.15. The van der Waals surface area contributed by atoms with Crippen molar-refractivity contribution in [3.8, 4) is 0 Å². The van der Waals surface area contributed by atoms with Gasteiger partial charge in [-0.3, -0.25) is 19.1 Å². The van der Waals surface area contributed by atoms with E-state index >= 15 is 0 Å². The van der Waals surface area contributed by atoms with Crippen LogP contribution in [-0.2, 0) is 17.9 Å². The summed E-state index contributed by atoms with van der Waals surface area (Å²) < 4.78 is 1.51. The van der Waals surface area contributed by atoms with E-state index in [1.54, 1.807) is 6.20 Å². The summed E-state index contributed by atoms with van der Waals surface area (Å²) in [5, 5.41) is 7.41. The van der Waals surface area contributed by atoms with Crippen LogP contribution < -0.4 is 16.2 Å². The molecule has 2 atom stereocenters. The van der Waals surface area contributed by atoms with Gasteiger partial charge in [0.1, 0.15) is 6.54 Å². The van der Waals surface area contributed by atoms with Gasteiger partial charge in [0.2, 0.25) is 5.91 Å². The number of hydrogen-bond acceptors (Lipinski definition) is 5. The van der Waals surface area contributed by atoms with E-state index in [1.807, 2.05) is 31.3 Å². The number of aromatic amines is 1. The number of rotatable bonds is 8. The maximum atomic E-state index is 13.2. The average molecular weight is 491 g/mol. The zero-order valence-corrected chi connectivity index (χ0v) is 21.4. The molecule has 1 saturated carbocycles. The topological polar surface area (TPSA) is 95.1 Å². The van der Waals surface area contributed by atoms with E-state index in [1.165, 1.54) is 36.7 Å². The summed E-state index contributed by atoms with van der Waals surface area (Å²) in [6.45, 7) is 6.38. The highest BCUT2D eigenvalue weighted by Crippen LogP contribution is 2.31. The summed E-state index contributed by atoms with van der Waals surface area (Å²) in [4.78, 5) is 36.2. The van der Waals surface area contributed by atoms with E-state index in [0.717, 1.165) is 29.4 Å². The fourth-order valence-electron chi connectivity index (χ4n) is 5.90. The van der Waals surface area contributed by atoms with Crippen molar-refractivity contribution in [2.75, 3.05) is 18.4 Å². The zero-order chi connectivity index (χ0) is 25.1. The molecule has 0 unspecified atom stereocenters. The summed E-state index contributed by atoms with van der Waals surface area (Å²) >= 11 is 0. The van der Waals surface area contributed by atoms with Gasteiger partial charge in [0.25, 0.3) is 5.56 Å². The van der Waals surface area contributed by atoms with E-state index in [-0.39, 0.29) is 18.0 Å². The fourth-order valence-corrected chi connectivity index (χ4v) is 5.90. The van der Waals surface area contributed by atoms with E-state index in [0.29, 0.717) is 42.6 Å². The number of H-pyrrole nitrogens is 1. The molecule has 2 aromatic heterocycles. The molecule has 8 nitrogen and oxygen atoms in total. The number of carbonyl (C=O) groups excluding carboxylic acids is 1. The molecular formula is C28H38N6O2. The normalized spacial score (nSPS) is 21.2. The SMILES string of the molecule is Cc1cnc(NC[C@H]2C[C@H](C)CCN2C2CCCC2)c(=O)n1CC(=O)NCc1ccc2[nH]ccc2c1. The number of benzene rings is 1. The first-order chi connectivity index (χ1) is 17.5. The van der Waals surface area contributed by atoms with E-state index in [9.17, 15) is 9.59 Å². The number of hydrogen-bond donors (Lipinski definition) is 3. The second-order valence-corrected chi connectivity index (χ2v) is 10.7. The predicted molar refractivity (Wildman–Crippen MR) is 143 cm³/mol. The Morgan fingerprint density at radius 3 is 2.86 bits per heavy atom. The van der Waals surface area contributed by atoms with Gasteiger partial charge >= 0.3 is 0 Å². The molecule has 3 N–H and O–H groups in total. The maximum absolute atomic E-state index is 13.2. The van der Waals surface area contributed by atoms with Crippen molar-refractivity contribution in [3.05, 3.63) is 58.3 Å². The summed E-state index contributed by atoms with van der Waals surface area (Å²) in [5.74, 6) is 0.828. The van der Waals surface area contributed by atoms with Crippen LogP contribution in [-0.4, -0.2) is 50.5 Å². The highest BCUT2D eigenvalue weighted by molar-refractivity contribution is 5.80. The lowest BCUT2D eigenvalue weighted by Crippen LogP contribution is -2.50. The summed E-state index contributed by atoms with van der Waals surface area (Å²) in [6.07, 6.45) is 11.2. The molecule has 2 fully saturated rings. The smallest absolute Gasteiger partial charge is 0.293 e. The molecule has 36 heavy (non-hydrogen) atoms. The largest absolute Gasteiger partial charge is 0.364 e. The standard InChI is InChI=1S/C28H38N6O2/c1-19-10-12-33(23-5-3-4-6-23)24(13-19)17-32-27-28(36)34(20(2)15-31-27)18-26(35)30-16-21-7-8-25-22(14-21)9-11-29-25/h7-9,11,14-15,19,23-24,29H,3-6,10,12-13,16-18H2,1-2H3,(H,30,35)(H,31,32)/t19-,24-/m1/s1. The minimum absolute atomic E-state index is 0.0249. The van der Waals surface area contributed by atoms with Crippen molar-refractivity contribution < 1.29 is 4.79 Å². The second kappa shape index (κ2) is 10.9. The third-order valence-corrected chi connectivity index (χ3v) is 7.99. The molecule has 0 spiro atoms. The number of anilines is 1. The number of aromatic nitrogens is 3. The Kier molecular flexibility index (Phi) is 7.41. The van der Waals surface area contributed by atoms with Crippen LogP contribution in [0.5, 0.6) is 0 Å². The van der Waals surface area contributed by atoms with Gasteiger partial charge in [0, 0.05) is 48.8 Å². The molecule has 1 amide bonds. The summed E-state index contributed by atoms with van der Waals surface area (Å²) in [5.41, 5.74) is 2.52. The van der Waals surface area contributed by atoms with Crippen molar-refractivity contribution in [1.82, 2.24) is 24.8 Å². The number of amides is 1. The van der Waals surface area contributed by atoms with E-state index in [2.05, 4.69) is 38.5 Å². The molecule has 3 heterocycles. The molecule has 1 aromatic carbocycles. The van der Waals surface area contributed by atoms with Crippen molar-refractivity contribution in [2.24, 2.45) is 5.92 Å². The van der Waals surface area contributed by atoms with Crippen molar-refractivity contribution in [3.63, 3.8) is 0 Å². The number of piperidine rings is 1. The molecule has 1 aliphatic heterocycles. The van der Waals surface area contributed by atoms with Crippen molar-refractivity contribution in [2.45, 2.75) is 77.5 Å². The van der Waals surface area contributed by atoms with Crippen LogP contribution in [0.4, 0.5) is 5.82 Å². The fraction of sp³-hybridized carbons (Fsp3) is 0.536. The quantitative estimate of drug-likeness (QED) is 0.446. The van der Waals surface area contributed by atoms with Crippen LogP contribution in [0.25, 0.3) is 10.9 Å². The Hall–Kier alpha value is -3.13. The number of aryl methyl sites for hydroxylation is 1. The number of nitrogens with one attached hydrogen (secondary N) is 3. The van der Waals surface area contributed by atoms with Crippen LogP contribution in [0.3, 0.4) is 0 Å². The Morgan fingerprint density at radius 1 is 1.19 bits per heavy atom. The Morgan fingerprint density at radius 2 is 2.03 bits per heavy atom. The van der Waals surface area contributed by atoms with Gasteiger partial charge < -0.3 is 15.6 Å². The molecule has 8 heteroatoms. The molecule has 1 saturated heterocycles. The van der Waals surface area contributed by atoms with Crippen LogP contribution in [0.1, 0.15) is 56.7 Å². The van der Waals surface area contributed by atoms with Crippen LogP contribution >= 0.6 is 0 Å². The van der Waals surface area contributed by atoms with Crippen LogP contribution in [0.2, 0.25) is 0 Å². The monoisotopic (exact) mass is 490 g/mol. The first-order valence-corrected chi connectivity index (χ1v) is 13.4. The van der Waals surface area contributed by atoms with Crippen LogP contribution in [0, 0.1) is 12.8 Å². The molecule has 192 valence electrons. The lowest BCUT2D eigenvalue weighted by atomic mass is 9.90. The highest BCUT2D eigenvalue weighted by atomic mass is 16.2. The lowest BCUT2D eigenvalue weighted by Gasteiger charge is -2.42. The molecule has 2 aliphatic rings. The Labute approximate surface area is 212 Å². The molecule has 1 aliphatic carbocycles. The first-order valence-electron chi connectivity index (χ1n) is 13.4. The summed E-state index contributed by atoms with van der Waals surface area (Å²) in [7, 11) is 0. The lowest BCUT2D eigenvalue weighted by molar-refractivity contribution is -0.121. The van der Waals surface area contributed by atoms with E-state index in [4.69, 9.17) is 0 Å². The Bertz CT molecular complexity index is 1260. The minimum atomic E-state index is -0.241. The highest BCUT2D eigenvalue weighted by Gasteiger charge is 2.33. The molecule has 0 radical (unpaired) electrons. The van der Waals surface area contributed by atoms with Gasteiger partial charge in [0.15, 0.2) is 5.82 Å². The molecule has 3 aromatic rings. The van der Waals surface area contributed by atoms with E-state index < -0.39 is 0 Å². The second-order valence-electron chi connectivity index (χ2n) is 10.7. The molecule has 5 rings (SSSR count). The van der Waals surface area contributed by atoms with Crippen LogP contribution in [0.15, 0.2) is 41.5 Å². The molecular weight excluding hydrogens is 452 g/mol. The maximum Gasteiger partial charge on any atom is 0.293 e. The third-order valence-electron chi connectivity index (χ3n) is 7.99.